The molecule has 0 spiro atoms. The van der Waals surface area contributed by atoms with Gasteiger partial charge in [-0.15, -0.1) is 0 Å². The molecule has 1 unspecified atom stereocenters. The number of nitrogens with zero attached hydrogens (tertiary/aromatic N) is 1. The number of carbonyl (C=O) groups excluding carboxylic acids is 1. The Morgan fingerprint density at radius 1 is 1.22 bits per heavy atom. The number of hydrogen-bond acceptors (Lipinski definition) is 4. The van der Waals surface area contributed by atoms with E-state index < -0.39 is 0 Å². The zero-order valence-corrected chi connectivity index (χ0v) is 15.6. The molecule has 2 heterocycles. The summed E-state index contributed by atoms with van der Waals surface area (Å²) in [5, 5.41) is 6.46. The highest BCUT2D eigenvalue weighted by Crippen LogP contribution is 2.31. The molecule has 0 radical (unpaired) electrons. The van der Waals surface area contributed by atoms with Crippen LogP contribution in [-0.2, 0) is 9.53 Å². The smallest absolute Gasteiger partial charge is 0.237 e. The first kappa shape index (κ1) is 17.7. The van der Waals surface area contributed by atoms with E-state index in [-0.39, 0.29) is 11.8 Å². The van der Waals surface area contributed by atoms with E-state index in [4.69, 9.17) is 4.74 Å². The third kappa shape index (κ3) is 4.03. The number of nitrogens with one attached hydrogen (secondary N) is 2. The molecular formula is C22H25N3O2. The number of amides is 1. The molecule has 0 saturated carbocycles. The highest BCUT2D eigenvalue weighted by atomic mass is 16.5. The van der Waals surface area contributed by atoms with Crippen molar-refractivity contribution in [3.63, 3.8) is 0 Å². The first-order valence-electron chi connectivity index (χ1n) is 9.57. The van der Waals surface area contributed by atoms with Crippen molar-refractivity contribution >= 4 is 29.2 Å². The zero-order valence-electron chi connectivity index (χ0n) is 15.6. The Morgan fingerprint density at radius 3 is 2.85 bits per heavy atom. The van der Waals surface area contributed by atoms with Gasteiger partial charge in [-0.05, 0) is 61.1 Å². The van der Waals surface area contributed by atoms with Crippen molar-refractivity contribution in [1.29, 1.82) is 0 Å². The Hall–Kier alpha value is -2.66. The van der Waals surface area contributed by atoms with Crippen molar-refractivity contribution in [3.8, 4) is 0 Å². The van der Waals surface area contributed by atoms with Crippen LogP contribution in [0.2, 0.25) is 0 Å². The lowest BCUT2D eigenvalue weighted by Crippen LogP contribution is -2.22. The van der Waals surface area contributed by atoms with Gasteiger partial charge >= 0.3 is 0 Å². The van der Waals surface area contributed by atoms with Crippen LogP contribution in [-0.4, -0.2) is 31.9 Å². The molecule has 0 bridgehead atoms. The van der Waals surface area contributed by atoms with Crippen molar-refractivity contribution < 1.29 is 9.53 Å². The quantitative estimate of drug-likeness (QED) is 0.780. The molecule has 2 aromatic rings. The fourth-order valence-corrected chi connectivity index (χ4v) is 3.67. The molecule has 1 atom stereocenters. The Morgan fingerprint density at radius 2 is 2.04 bits per heavy atom. The molecule has 1 fully saturated rings. The lowest BCUT2D eigenvalue weighted by Gasteiger charge is -2.23. The van der Waals surface area contributed by atoms with Crippen LogP contribution in [0, 0.1) is 12.8 Å². The van der Waals surface area contributed by atoms with Gasteiger partial charge in [-0.1, -0.05) is 18.2 Å². The van der Waals surface area contributed by atoms with E-state index in [0.717, 1.165) is 60.8 Å². The average Bonchev–Trinajstić information content (AvgIpc) is 3.01. The van der Waals surface area contributed by atoms with Crippen LogP contribution in [0.1, 0.15) is 29.9 Å². The van der Waals surface area contributed by atoms with Gasteiger partial charge in [0.1, 0.15) is 5.92 Å². The maximum Gasteiger partial charge on any atom is 0.237 e. The number of anilines is 2. The normalized spacial score (nSPS) is 19.9. The van der Waals surface area contributed by atoms with E-state index in [9.17, 15) is 4.79 Å². The lowest BCUT2D eigenvalue weighted by molar-refractivity contribution is -0.115. The van der Waals surface area contributed by atoms with Gasteiger partial charge < -0.3 is 15.4 Å². The van der Waals surface area contributed by atoms with E-state index in [1.165, 1.54) is 0 Å². The first-order chi connectivity index (χ1) is 13.2. The minimum absolute atomic E-state index is 0.0218. The maximum atomic E-state index is 12.2. The third-order valence-electron chi connectivity index (χ3n) is 5.34. The second kappa shape index (κ2) is 7.92. The summed E-state index contributed by atoms with van der Waals surface area (Å²) in [5.41, 5.74) is 5.03. The van der Waals surface area contributed by atoms with Gasteiger partial charge in [0.05, 0.1) is 5.69 Å². The Balaban J connectivity index is 1.42. The molecule has 4 rings (SSSR count). The predicted molar refractivity (Wildman–Crippen MR) is 109 cm³/mol. The van der Waals surface area contributed by atoms with Crippen molar-refractivity contribution in [3.05, 3.63) is 53.6 Å². The van der Waals surface area contributed by atoms with Crippen LogP contribution in [0.5, 0.6) is 0 Å². The molecule has 27 heavy (non-hydrogen) atoms. The number of benzene rings is 2. The number of rotatable bonds is 5. The third-order valence-corrected chi connectivity index (χ3v) is 5.34. The number of aryl methyl sites for hydroxylation is 1. The molecule has 2 N–H and O–H groups in total. The van der Waals surface area contributed by atoms with E-state index in [0.29, 0.717) is 5.92 Å². The van der Waals surface area contributed by atoms with Gasteiger partial charge in [0.2, 0.25) is 5.91 Å². The van der Waals surface area contributed by atoms with Crippen LogP contribution in [0.3, 0.4) is 0 Å². The topological polar surface area (TPSA) is 62.7 Å². The summed E-state index contributed by atoms with van der Waals surface area (Å²) in [5.74, 6) is 0.330. The fraction of sp³-hybridized carbons (Fsp3) is 0.364. The summed E-state index contributed by atoms with van der Waals surface area (Å²) >= 11 is 0. The van der Waals surface area contributed by atoms with Crippen molar-refractivity contribution in [1.82, 2.24) is 0 Å². The molecule has 0 aromatic heterocycles. The number of fused-ring (bicyclic) bond motifs is 1. The van der Waals surface area contributed by atoms with Crippen molar-refractivity contribution in [2.45, 2.75) is 25.7 Å². The van der Waals surface area contributed by atoms with Gasteiger partial charge in [-0.25, -0.2) is 0 Å². The van der Waals surface area contributed by atoms with Gasteiger partial charge in [0.15, 0.2) is 0 Å². The summed E-state index contributed by atoms with van der Waals surface area (Å²) < 4.78 is 5.42. The molecule has 5 heteroatoms. The summed E-state index contributed by atoms with van der Waals surface area (Å²) in [4.78, 5) is 16.7. The molecule has 5 nitrogen and oxygen atoms in total. The predicted octanol–water partition coefficient (Wildman–Crippen LogP) is 4.27. The Kier molecular flexibility index (Phi) is 5.21. The fourth-order valence-electron chi connectivity index (χ4n) is 3.67. The molecular weight excluding hydrogens is 338 g/mol. The largest absolute Gasteiger partial charge is 0.385 e. The highest BCUT2D eigenvalue weighted by molar-refractivity contribution is 6.12. The SMILES string of the molecule is Cc1cc(N=CC2C(=O)Nc3ccccc32)ccc1NCC1CCOCC1. The van der Waals surface area contributed by atoms with Gasteiger partial charge in [0.25, 0.3) is 0 Å². The highest BCUT2D eigenvalue weighted by Gasteiger charge is 2.28. The second-order valence-corrected chi connectivity index (χ2v) is 7.27. The molecule has 0 aliphatic carbocycles. The van der Waals surface area contributed by atoms with Gasteiger partial charge in [0, 0.05) is 37.3 Å². The van der Waals surface area contributed by atoms with Gasteiger partial charge in [-0.2, -0.15) is 0 Å². The molecule has 2 aliphatic heterocycles. The molecule has 2 aliphatic rings. The number of hydrogen-bond donors (Lipinski definition) is 2. The Bertz CT molecular complexity index is 856. The molecule has 1 amide bonds. The van der Waals surface area contributed by atoms with Crippen LogP contribution in [0.15, 0.2) is 47.5 Å². The minimum atomic E-state index is -0.326. The minimum Gasteiger partial charge on any atom is -0.385 e. The number of carbonyl (C=O) groups is 1. The lowest BCUT2D eigenvalue weighted by atomic mass is 10.00. The second-order valence-electron chi connectivity index (χ2n) is 7.27. The van der Waals surface area contributed by atoms with Crippen LogP contribution in [0.25, 0.3) is 0 Å². The van der Waals surface area contributed by atoms with Crippen LogP contribution in [0.4, 0.5) is 17.1 Å². The summed E-state index contributed by atoms with van der Waals surface area (Å²) in [6.07, 6.45) is 3.99. The monoisotopic (exact) mass is 363 g/mol. The summed E-state index contributed by atoms with van der Waals surface area (Å²) in [6, 6.07) is 13.9. The molecule has 2 aromatic carbocycles. The standard InChI is InChI=1S/C22H25N3O2/c1-15-12-17(6-7-20(15)24-13-16-8-10-27-11-9-16)23-14-19-18-4-2-3-5-21(18)25-22(19)26/h2-7,12,14,16,19,24H,8-11,13H2,1H3,(H,25,26). The summed E-state index contributed by atoms with van der Waals surface area (Å²) in [6.45, 7) is 4.81. The molecule has 1 saturated heterocycles. The van der Waals surface area contributed by atoms with E-state index >= 15 is 0 Å². The van der Waals surface area contributed by atoms with E-state index in [1.807, 2.05) is 30.3 Å². The van der Waals surface area contributed by atoms with E-state index in [2.05, 4.69) is 34.7 Å². The average molecular weight is 363 g/mol. The molecule has 140 valence electrons. The van der Waals surface area contributed by atoms with Crippen molar-refractivity contribution in [2.75, 3.05) is 30.4 Å². The van der Waals surface area contributed by atoms with E-state index in [1.54, 1.807) is 6.21 Å². The number of para-hydroxylation sites is 1. The van der Waals surface area contributed by atoms with Crippen molar-refractivity contribution in [2.24, 2.45) is 10.9 Å². The number of ether oxygens (including phenoxy) is 1. The van der Waals surface area contributed by atoms with Crippen LogP contribution < -0.4 is 10.6 Å². The number of aliphatic imine (C=N–C) groups is 1. The first-order valence-corrected chi connectivity index (χ1v) is 9.57. The zero-order chi connectivity index (χ0) is 18.6. The van der Waals surface area contributed by atoms with Crippen LogP contribution >= 0.6 is 0 Å². The summed E-state index contributed by atoms with van der Waals surface area (Å²) in [7, 11) is 0. The maximum absolute atomic E-state index is 12.2. The van der Waals surface area contributed by atoms with Gasteiger partial charge in [-0.3, -0.25) is 9.79 Å². The Labute approximate surface area is 159 Å².